The summed E-state index contributed by atoms with van der Waals surface area (Å²) in [5.74, 6) is -0.236. The van der Waals surface area contributed by atoms with Crippen LogP contribution >= 0.6 is 12.2 Å². The highest BCUT2D eigenvalue weighted by Crippen LogP contribution is 2.15. The fraction of sp³-hybridized carbons (Fsp3) is 0.385. The summed E-state index contributed by atoms with van der Waals surface area (Å²) >= 11 is 4.88. The van der Waals surface area contributed by atoms with Gasteiger partial charge < -0.3 is 14.7 Å². The van der Waals surface area contributed by atoms with Crippen molar-refractivity contribution in [1.82, 2.24) is 10.3 Å². The lowest BCUT2D eigenvalue weighted by Gasteiger charge is -2.13. The third-order valence-electron chi connectivity index (χ3n) is 2.98. The Labute approximate surface area is 127 Å². The maximum absolute atomic E-state index is 12.1. The molecule has 0 aliphatic heterocycles. The molecule has 114 valence electrons. The number of benzene rings is 1. The van der Waals surface area contributed by atoms with Crippen LogP contribution in [-0.2, 0) is 9.84 Å². The third kappa shape index (κ3) is 4.40. The fourth-order valence-electron chi connectivity index (χ4n) is 1.86. The van der Waals surface area contributed by atoms with Gasteiger partial charge in [-0.1, -0.05) is 0 Å². The number of hydrogen-bond donors (Lipinski definition) is 2. The topological polar surface area (TPSA) is 92.2 Å². The van der Waals surface area contributed by atoms with Crippen LogP contribution in [-0.4, -0.2) is 37.4 Å². The predicted octanol–water partition coefficient (Wildman–Crippen LogP) is 2.04. The number of aromatic amines is 1. The van der Waals surface area contributed by atoms with Crippen molar-refractivity contribution in [3.8, 4) is 0 Å². The molecule has 0 saturated carbocycles. The second kappa shape index (κ2) is 5.98. The minimum Gasteiger partial charge on any atom is -0.429 e. The summed E-state index contributed by atoms with van der Waals surface area (Å²) in [6.45, 7) is 1.77. The first-order valence-electron chi connectivity index (χ1n) is 6.36. The van der Waals surface area contributed by atoms with E-state index in [0.29, 0.717) is 17.6 Å². The Balaban J connectivity index is 2.06. The number of aromatic nitrogens is 1. The molecule has 21 heavy (non-hydrogen) atoms. The number of amides is 1. The van der Waals surface area contributed by atoms with Crippen LogP contribution in [0.2, 0.25) is 0 Å². The second-order valence-electron chi connectivity index (χ2n) is 5.02. The van der Waals surface area contributed by atoms with Gasteiger partial charge in [0.15, 0.2) is 5.58 Å². The van der Waals surface area contributed by atoms with E-state index in [9.17, 15) is 13.2 Å². The van der Waals surface area contributed by atoms with E-state index in [1.54, 1.807) is 25.1 Å². The van der Waals surface area contributed by atoms with Crippen LogP contribution in [0.3, 0.4) is 0 Å². The van der Waals surface area contributed by atoms with Gasteiger partial charge in [0.1, 0.15) is 9.84 Å². The van der Waals surface area contributed by atoms with E-state index in [1.807, 2.05) is 0 Å². The third-order valence-corrected chi connectivity index (χ3v) is 4.15. The molecule has 0 radical (unpaired) electrons. The molecular weight excluding hydrogens is 312 g/mol. The molecule has 0 saturated heterocycles. The molecule has 2 N–H and O–H groups in total. The van der Waals surface area contributed by atoms with Crippen LogP contribution in [0.1, 0.15) is 23.7 Å². The Bertz CT molecular complexity index is 820. The van der Waals surface area contributed by atoms with Crippen molar-refractivity contribution in [3.05, 3.63) is 28.6 Å². The lowest BCUT2D eigenvalue weighted by molar-refractivity contribution is 0.0939. The summed E-state index contributed by atoms with van der Waals surface area (Å²) in [6, 6.07) is 4.73. The van der Waals surface area contributed by atoms with Gasteiger partial charge in [-0.15, -0.1) is 0 Å². The van der Waals surface area contributed by atoms with Gasteiger partial charge in [0.2, 0.25) is 0 Å². The summed E-state index contributed by atoms with van der Waals surface area (Å²) in [6.07, 6.45) is 1.55. The van der Waals surface area contributed by atoms with Crippen molar-refractivity contribution >= 4 is 39.1 Å². The monoisotopic (exact) mass is 328 g/mol. The maximum atomic E-state index is 12.1. The van der Waals surface area contributed by atoms with Crippen LogP contribution in [0.25, 0.3) is 11.1 Å². The van der Waals surface area contributed by atoms with Crippen LogP contribution < -0.4 is 5.32 Å². The van der Waals surface area contributed by atoms with Gasteiger partial charge in [0, 0.05) is 17.9 Å². The zero-order valence-corrected chi connectivity index (χ0v) is 13.3. The van der Waals surface area contributed by atoms with E-state index in [0.717, 1.165) is 5.52 Å². The van der Waals surface area contributed by atoms with E-state index in [-0.39, 0.29) is 22.5 Å². The zero-order chi connectivity index (χ0) is 15.6. The standard InChI is InChI=1S/C13H16N2O4S2/c1-8(5-6-21(2,17)18)14-12(16)9-3-4-10-11(7-9)19-13(20)15-10/h3-4,7-8H,5-6H2,1-2H3,(H,14,16)(H,15,20). The number of sulfone groups is 1. The summed E-state index contributed by atoms with van der Waals surface area (Å²) in [5.41, 5.74) is 1.67. The number of H-pyrrole nitrogens is 1. The molecule has 2 rings (SSSR count). The lowest BCUT2D eigenvalue weighted by Crippen LogP contribution is -2.33. The highest BCUT2D eigenvalue weighted by Gasteiger charge is 2.13. The van der Waals surface area contributed by atoms with Crippen molar-refractivity contribution in [2.24, 2.45) is 0 Å². The molecule has 1 aromatic carbocycles. The molecule has 1 amide bonds. The molecule has 1 aromatic heterocycles. The number of hydrogen-bond acceptors (Lipinski definition) is 5. The van der Waals surface area contributed by atoms with E-state index in [2.05, 4.69) is 10.3 Å². The molecule has 0 fully saturated rings. The predicted molar refractivity (Wildman–Crippen MR) is 82.7 cm³/mol. The quantitative estimate of drug-likeness (QED) is 0.820. The first-order valence-corrected chi connectivity index (χ1v) is 8.83. The first kappa shape index (κ1) is 15.7. The van der Waals surface area contributed by atoms with Crippen LogP contribution in [0.5, 0.6) is 0 Å². The molecule has 8 heteroatoms. The van der Waals surface area contributed by atoms with E-state index >= 15 is 0 Å². The average molecular weight is 328 g/mol. The second-order valence-corrected chi connectivity index (χ2v) is 7.65. The molecule has 2 aromatic rings. The molecule has 0 aliphatic rings. The minimum atomic E-state index is -3.03. The number of nitrogens with one attached hydrogen (secondary N) is 2. The normalized spacial score (nSPS) is 13.2. The van der Waals surface area contributed by atoms with Crippen molar-refractivity contribution in [2.45, 2.75) is 19.4 Å². The number of oxazole rings is 1. The van der Waals surface area contributed by atoms with E-state index < -0.39 is 9.84 Å². The number of carbonyl (C=O) groups is 1. The Morgan fingerprint density at radius 3 is 2.86 bits per heavy atom. The van der Waals surface area contributed by atoms with Gasteiger partial charge in [-0.2, -0.15) is 0 Å². The Hall–Kier alpha value is -1.67. The van der Waals surface area contributed by atoms with Gasteiger partial charge >= 0.3 is 0 Å². The molecular formula is C13H16N2O4S2. The lowest BCUT2D eigenvalue weighted by atomic mass is 10.1. The van der Waals surface area contributed by atoms with Crippen LogP contribution in [0, 0.1) is 4.84 Å². The average Bonchev–Trinajstić information content (AvgIpc) is 2.74. The Morgan fingerprint density at radius 2 is 2.19 bits per heavy atom. The van der Waals surface area contributed by atoms with E-state index in [1.165, 1.54) is 6.26 Å². The number of rotatable bonds is 5. The zero-order valence-electron chi connectivity index (χ0n) is 11.7. The summed E-state index contributed by atoms with van der Waals surface area (Å²) in [7, 11) is -3.03. The highest BCUT2D eigenvalue weighted by molar-refractivity contribution is 7.90. The van der Waals surface area contributed by atoms with Gasteiger partial charge in [-0.05, 0) is 43.8 Å². The summed E-state index contributed by atoms with van der Waals surface area (Å²) in [5, 5.41) is 2.76. The first-order chi connectivity index (χ1) is 9.74. The van der Waals surface area contributed by atoms with Crippen molar-refractivity contribution in [1.29, 1.82) is 0 Å². The van der Waals surface area contributed by atoms with Crippen LogP contribution in [0.4, 0.5) is 0 Å². The van der Waals surface area contributed by atoms with Gasteiger partial charge in [-0.3, -0.25) is 4.79 Å². The highest BCUT2D eigenvalue weighted by atomic mass is 32.2. The van der Waals surface area contributed by atoms with Crippen LogP contribution in [0.15, 0.2) is 22.6 Å². The minimum absolute atomic E-state index is 0.0416. The van der Waals surface area contributed by atoms with Crippen molar-refractivity contribution < 1.29 is 17.6 Å². The maximum Gasteiger partial charge on any atom is 0.266 e. The Kier molecular flexibility index (Phi) is 4.48. The molecule has 1 unspecified atom stereocenters. The largest absolute Gasteiger partial charge is 0.429 e. The fourth-order valence-corrected chi connectivity index (χ4v) is 2.84. The number of carbonyl (C=O) groups excluding carboxylic acids is 1. The smallest absolute Gasteiger partial charge is 0.266 e. The van der Waals surface area contributed by atoms with Gasteiger partial charge in [0.25, 0.3) is 10.7 Å². The molecule has 1 atom stereocenters. The molecule has 6 nitrogen and oxygen atoms in total. The Morgan fingerprint density at radius 1 is 1.48 bits per heavy atom. The summed E-state index contributed by atoms with van der Waals surface area (Å²) in [4.78, 5) is 15.2. The molecule has 0 spiro atoms. The van der Waals surface area contributed by atoms with Crippen molar-refractivity contribution in [3.63, 3.8) is 0 Å². The van der Waals surface area contributed by atoms with Gasteiger partial charge in [0.05, 0.1) is 11.3 Å². The molecule has 1 heterocycles. The number of fused-ring (bicyclic) bond motifs is 1. The molecule has 0 aliphatic carbocycles. The van der Waals surface area contributed by atoms with Crippen molar-refractivity contribution in [2.75, 3.05) is 12.0 Å². The molecule has 0 bridgehead atoms. The summed E-state index contributed by atoms with van der Waals surface area (Å²) < 4.78 is 27.5. The SMILES string of the molecule is CC(CCS(C)(=O)=O)NC(=O)c1ccc2[nH]c(=S)oc2c1. The van der Waals surface area contributed by atoms with Gasteiger partial charge in [-0.25, -0.2) is 8.42 Å². The van der Waals surface area contributed by atoms with E-state index in [4.69, 9.17) is 16.6 Å².